The van der Waals surface area contributed by atoms with E-state index >= 15 is 0 Å². The van der Waals surface area contributed by atoms with Crippen LogP contribution in [0.1, 0.15) is 56.3 Å². The third-order valence-electron chi connectivity index (χ3n) is 4.42. The first kappa shape index (κ1) is 18.8. The van der Waals surface area contributed by atoms with Crippen LogP contribution in [0.5, 0.6) is 0 Å². The summed E-state index contributed by atoms with van der Waals surface area (Å²) in [6, 6.07) is 7.96. The van der Waals surface area contributed by atoms with Crippen LogP contribution in [0, 0.1) is 0 Å². The predicted octanol–water partition coefficient (Wildman–Crippen LogP) is 3.71. The van der Waals surface area contributed by atoms with Gasteiger partial charge >= 0.3 is 0 Å². The highest BCUT2D eigenvalue weighted by atomic mass is 32.2. The lowest BCUT2D eigenvalue weighted by Gasteiger charge is -2.31. The van der Waals surface area contributed by atoms with Gasteiger partial charge < -0.3 is 10.2 Å². The van der Waals surface area contributed by atoms with Crippen LogP contribution in [0.4, 0.5) is 0 Å². The molecule has 132 valence electrons. The Morgan fingerprint density at radius 2 is 1.88 bits per heavy atom. The number of rotatable bonds is 6. The summed E-state index contributed by atoms with van der Waals surface area (Å²) < 4.78 is 0. The molecule has 0 unspecified atom stereocenters. The van der Waals surface area contributed by atoms with Crippen molar-refractivity contribution < 1.29 is 9.59 Å². The van der Waals surface area contributed by atoms with E-state index in [1.165, 1.54) is 31.0 Å². The van der Waals surface area contributed by atoms with Gasteiger partial charge in [0.25, 0.3) is 5.91 Å². The Balaban J connectivity index is 1.96. The minimum Gasteiger partial charge on any atom is -0.350 e. The zero-order valence-electron chi connectivity index (χ0n) is 14.9. The number of benzene rings is 1. The lowest BCUT2D eigenvalue weighted by Crippen LogP contribution is -2.39. The molecule has 4 nitrogen and oxygen atoms in total. The summed E-state index contributed by atoms with van der Waals surface area (Å²) in [5.74, 6) is 0.436. The van der Waals surface area contributed by atoms with Gasteiger partial charge in [-0.1, -0.05) is 31.4 Å². The molecule has 1 aliphatic rings. The van der Waals surface area contributed by atoms with Crippen LogP contribution in [-0.4, -0.2) is 41.6 Å². The minimum absolute atomic E-state index is 0.0822. The van der Waals surface area contributed by atoms with Gasteiger partial charge in [-0.15, -0.1) is 11.8 Å². The van der Waals surface area contributed by atoms with E-state index in [9.17, 15) is 9.59 Å². The molecule has 0 aliphatic heterocycles. The number of thioether (sulfide) groups is 1. The molecule has 0 saturated heterocycles. The van der Waals surface area contributed by atoms with Crippen molar-refractivity contribution in [1.82, 2.24) is 10.2 Å². The number of hydrogen-bond acceptors (Lipinski definition) is 3. The lowest BCUT2D eigenvalue weighted by molar-refractivity contribution is -0.129. The predicted molar refractivity (Wildman–Crippen MR) is 99.4 cm³/mol. The van der Waals surface area contributed by atoms with Crippen molar-refractivity contribution in [1.29, 1.82) is 0 Å². The topological polar surface area (TPSA) is 49.4 Å². The molecule has 0 bridgehead atoms. The van der Waals surface area contributed by atoms with E-state index in [1.54, 1.807) is 0 Å². The van der Waals surface area contributed by atoms with Crippen LogP contribution < -0.4 is 5.32 Å². The van der Waals surface area contributed by atoms with Crippen LogP contribution in [0.15, 0.2) is 29.2 Å². The summed E-state index contributed by atoms with van der Waals surface area (Å²) in [5, 5.41) is 2.91. The van der Waals surface area contributed by atoms with E-state index in [4.69, 9.17) is 0 Å². The Kier molecular flexibility index (Phi) is 7.16. The number of hydrogen-bond donors (Lipinski definition) is 1. The smallest absolute Gasteiger partial charge is 0.252 e. The Labute approximate surface area is 149 Å². The molecule has 0 radical (unpaired) electrons. The monoisotopic (exact) mass is 348 g/mol. The molecule has 1 saturated carbocycles. The molecule has 1 N–H and O–H groups in total. The third kappa shape index (κ3) is 5.26. The quantitative estimate of drug-likeness (QED) is 0.797. The van der Waals surface area contributed by atoms with E-state index < -0.39 is 0 Å². The molecule has 1 fully saturated rings. The summed E-state index contributed by atoms with van der Waals surface area (Å²) in [6.45, 7) is 3.88. The van der Waals surface area contributed by atoms with Gasteiger partial charge in [0, 0.05) is 24.0 Å². The highest BCUT2D eigenvalue weighted by molar-refractivity contribution is 8.00. The molecule has 2 rings (SSSR count). The first-order valence-electron chi connectivity index (χ1n) is 8.77. The van der Waals surface area contributed by atoms with Gasteiger partial charge in [-0.25, -0.2) is 0 Å². The molecule has 5 heteroatoms. The fraction of sp³-hybridized carbons (Fsp3) is 0.579. The second kappa shape index (κ2) is 9.11. The van der Waals surface area contributed by atoms with Gasteiger partial charge in [0.1, 0.15) is 0 Å². The van der Waals surface area contributed by atoms with E-state index in [2.05, 4.69) is 5.32 Å². The SMILES string of the molecule is CC(C)NC(=O)c1ccccc1SCC(=O)N(C)C1CCCCC1. The number of nitrogens with one attached hydrogen (secondary N) is 1. The van der Waals surface area contributed by atoms with Crippen molar-refractivity contribution in [2.75, 3.05) is 12.8 Å². The van der Waals surface area contributed by atoms with Crippen LogP contribution >= 0.6 is 11.8 Å². The molecule has 24 heavy (non-hydrogen) atoms. The zero-order valence-corrected chi connectivity index (χ0v) is 15.7. The van der Waals surface area contributed by atoms with Crippen LogP contribution in [0.2, 0.25) is 0 Å². The maximum absolute atomic E-state index is 12.5. The van der Waals surface area contributed by atoms with Gasteiger partial charge in [-0.2, -0.15) is 0 Å². The summed E-state index contributed by atoms with van der Waals surface area (Å²) in [4.78, 5) is 27.5. The fourth-order valence-electron chi connectivity index (χ4n) is 3.03. The molecule has 1 aromatic rings. The van der Waals surface area contributed by atoms with Crippen molar-refractivity contribution in [2.24, 2.45) is 0 Å². The van der Waals surface area contributed by atoms with Crippen LogP contribution in [0.3, 0.4) is 0 Å². The molecule has 1 aromatic carbocycles. The molecule has 0 spiro atoms. The molecule has 0 heterocycles. The average molecular weight is 349 g/mol. The number of carbonyl (C=O) groups excluding carboxylic acids is 2. The van der Waals surface area contributed by atoms with E-state index in [1.807, 2.05) is 50.1 Å². The molecular weight excluding hydrogens is 320 g/mol. The number of amides is 2. The Morgan fingerprint density at radius 3 is 2.54 bits per heavy atom. The van der Waals surface area contributed by atoms with E-state index in [-0.39, 0.29) is 17.9 Å². The van der Waals surface area contributed by atoms with Crippen molar-refractivity contribution in [2.45, 2.75) is 62.9 Å². The molecule has 1 aliphatic carbocycles. The number of nitrogens with zero attached hydrogens (tertiary/aromatic N) is 1. The van der Waals surface area contributed by atoms with Crippen LogP contribution in [-0.2, 0) is 4.79 Å². The minimum atomic E-state index is -0.0822. The second-order valence-electron chi connectivity index (χ2n) is 6.71. The average Bonchev–Trinajstić information content (AvgIpc) is 2.59. The standard InChI is InChI=1S/C19H28N2O2S/c1-14(2)20-19(23)16-11-7-8-12-17(16)24-13-18(22)21(3)15-9-5-4-6-10-15/h7-8,11-12,14-15H,4-6,9-10,13H2,1-3H3,(H,20,23). The molecule has 0 aromatic heterocycles. The van der Waals surface area contributed by atoms with Crippen molar-refractivity contribution in [3.8, 4) is 0 Å². The Morgan fingerprint density at radius 1 is 1.21 bits per heavy atom. The molecular formula is C19H28N2O2S. The highest BCUT2D eigenvalue weighted by Crippen LogP contribution is 2.25. The fourth-order valence-corrected chi connectivity index (χ4v) is 4.01. The normalized spacial score (nSPS) is 15.3. The van der Waals surface area contributed by atoms with Gasteiger partial charge in [0.15, 0.2) is 0 Å². The largest absolute Gasteiger partial charge is 0.350 e. The summed E-state index contributed by atoms with van der Waals surface area (Å²) in [5.41, 5.74) is 0.643. The summed E-state index contributed by atoms with van der Waals surface area (Å²) >= 11 is 1.45. The summed E-state index contributed by atoms with van der Waals surface area (Å²) in [6.07, 6.45) is 5.94. The first-order valence-corrected chi connectivity index (χ1v) is 9.76. The molecule has 0 atom stereocenters. The van der Waals surface area contributed by atoms with Crippen molar-refractivity contribution in [3.63, 3.8) is 0 Å². The van der Waals surface area contributed by atoms with Gasteiger partial charge in [0.2, 0.25) is 5.91 Å². The van der Waals surface area contributed by atoms with E-state index in [0.717, 1.165) is 17.7 Å². The van der Waals surface area contributed by atoms with Gasteiger partial charge in [0.05, 0.1) is 11.3 Å². The van der Waals surface area contributed by atoms with Crippen LogP contribution in [0.25, 0.3) is 0 Å². The maximum Gasteiger partial charge on any atom is 0.252 e. The first-order chi connectivity index (χ1) is 11.5. The summed E-state index contributed by atoms with van der Waals surface area (Å²) in [7, 11) is 1.91. The highest BCUT2D eigenvalue weighted by Gasteiger charge is 2.22. The lowest BCUT2D eigenvalue weighted by atomic mass is 9.94. The molecule has 2 amide bonds. The Bertz CT molecular complexity index is 568. The Hall–Kier alpha value is -1.49. The van der Waals surface area contributed by atoms with Crippen molar-refractivity contribution >= 4 is 23.6 Å². The van der Waals surface area contributed by atoms with Crippen molar-refractivity contribution in [3.05, 3.63) is 29.8 Å². The maximum atomic E-state index is 12.5. The third-order valence-corrected chi connectivity index (χ3v) is 5.48. The van der Waals surface area contributed by atoms with E-state index in [0.29, 0.717) is 17.4 Å². The number of carbonyl (C=O) groups is 2. The van der Waals surface area contributed by atoms with Gasteiger partial charge in [-0.05, 0) is 38.8 Å². The second-order valence-corrected chi connectivity index (χ2v) is 7.73. The zero-order chi connectivity index (χ0) is 17.5. The van der Waals surface area contributed by atoms with Gasteiger partial charge in [-0.3, -0.25) is 9.59 Å².